The molecular weight excluding hydrogens is 492 g/mol. The average molecular weight is 527 g/mol. The largest absolute Gasteiger partial charge is 0.489 e. The van der Waals surface area contributed by atoms with Crippen molar-refractivity contribution in [1.82, 2.24) is 10.6 Å². The molecule has 0 heterocycles. The van der Waals surface area contributed by atoms with E-state index in [0.717, 1.165) is 11.1 Å². The summed E-state index contributed by atoms with van der Waals surface area (Å²) >= 11 is 6.29. The molecule has 0 spiro atoms. The van der Waals surface area contributed by atoms with Gasteiger partial charge in [0.15, 0.2) is 5.78 Å². The third-order valence-electron chi connectivity index (χ3n) is 5.44. The Kier molecular flexibility index (Phi) is 11.3. The van der Waals surface area contributed by atoms with Gasteiger partial charge in [-0.1, -0.05) is 35.9 Å². The van der Waals surface area contributed by atoms with Crippen LogP contribution in [0.15, 0.2) is 53.7 Å². The Hall–Kier alpha value is -3.65. The van der Waals surface area contributed by atoms with Crippen molar-refractivity contribution in [2.45, 2.75) is 59.1 Å². The fourth-order valence-electron chi connectivity index (χ4n) is 3.47. The van der Waals surface area contributed by atoms with Crippen molar-refractivity contribution in [3.8, 4) is 5.75 Å². The van der Waals surface area contributed by atoms with Gasteiger partial charge in [-0.3, -0.25) is 14.4 Å². The summed E-state index contributed by atoms with van der Waals surface area (Å²) in [6, 6.07) is 12.2. The first-order valence-electron chi connectivity index (χ1n) is 12.1. The summed E-state index contributed by atoms with van der Waals surface area (Å²) in [6.45, 7) is 6.93. The van der Waals surface area contributed by atoms with Gasteiger partial charge in [0, 0.05) is 43.8 Å². The number of hydrogen-bond acceptors (Lipinski definition) is 6. The molecule has 0 aliphatic heterocycles. The molecule has 0 radical (unpaired) electrons. The van der Waals surface area contributed by atoms with E-state index in [1.165, 1.54) is 6.92 Å². The quantitative estimate of drug-likeness (QED) is 0.336. The summed E-state index contributed by atoms with van der Waals surface area (Å²) in [4.78, 5) is 40.4. The Morgan fingerprint density at radius 2 is 1.73 bits per heavy atom. The van der Waals surface area contributed by atoms with Crippen molar-refractivity contribution in [2.24, 2.45) is 10.7 Å². The number of nitrogens with zero attached hydrogens (tertiary/aromatic N) is 1. The lowest BCUT2D eigenvalue weighted by atomic mass is 9.99. The van der Waals surface area contributed by atoms with Gasteiger partial charge in [0.05, 0.1) is 22.5 Å². The van der Waals surface area contributed by atoms with Gasteiger partial charge < -0.3 is 21.1 Å². The standard InChI is InChI=1S/C28H35ClN4O4/c1-17(2)37-26-12-10-22(15-24(26)29)28(36)33-23(11-13-27(30)35)14-20-6-8-21(9-7-20)25(16-31-5)32-18(3)19(4)34/h6-10,12,15-17,23,31H,11,13-14H2,1-5H3,(H2,30,35)(H,33,36)/b25-16-,32-18?. The van der Waals surface area contributed by atoms with Crippen molar-refractivity contribution < 1.29 is 19.1 Å². The molecule has 4 N–H and O–H groups in total. The van der Waals surface area contributed by atoms with Crippen molar-refractivity contribution in [2.75, 3.05) is 7.05 Å². The maximum Gasteiger partial charge on any atom is 0.251 e. The number of carbonyl (C=O) groups excluding carboxylic acids is 3. The minimum absolute atomic E-state index is 0.0449. The highest BCUT2D eigenvalue weighted by molar-refractivity contribution is 6.38. The molecular formula is C28H35ClN4O4. The number of nitrogens with two attached hydrogens (primary N) is 1. The van der Waals surface area contributed by atoms with E-state index in [9.17, 15) is 14.4 Å². The molecule has 0 saturated heterocycles. The van der Waals surface area contributed by atoms with Crippen molar-refractivity contribution in [3.05, 3.63) is 70.4 Å². The second-order valence-electron chi connectivity index (χ2n) is 8.96. The molecule has 37 heavy (non-hydrogen) atoms. The van der Waals surface area contributed by atoms with Crippen LogP contribution in [0.4, 0.5) is 0 Å². The smallest absolute Gasteiger partial charge is 0.251 e. The molecule has 2 rings (SSSR count). The number of ketones is 1. The number of Topliss-reactive ketones (excluding diaryl/α,β-unsaturated/α-hetero) is 1. The maximum atomic E-state index is 13.0. The molecule has 2 amide bonds. The van der Waals surface area contributed by atoms with Crippen LogP contribution in [-0.2, 0) is 16.0 Å². The van der Waals surface area contributed by atoms with Crippen molar-refractivity contribution >= 4 is 40.6 Å². The first-order valence-corrected chi connectivity index (χ1v) is 12.5. The average Bonchev–Trinajstić information content (AvgIpc) is 2.83. The monoisotopic (exact) mass is 526 g/mol. The van der Waals surface area contributed by atoms with Crippen LogP contribution < -0.4 is 21.1 Å². The van der Waals surface area contributed by atoms with E-state index < -0.39 is 5.91 Å². The molecule has 0 fully saturated rings. The molecule has 2 aromatic rings. The highest BCUT2D eigenvalue weighted by atomic mass is 35.5. The highest BCUT2D eigenvalue weighted by Gasteiger charge is 2.17. The number of halogens is 1. The number of nitrogens with one attached hydrogen (secondary N) is 2. The van der Waals surface area contributed by atoms with E-state index in [0.29, 0.717) is 40.6 Å². The lowest BCUT2D eigenvalue weighted by molar-refractivity contribution is -0.118. The number of ether oxygens (including phenoxy) is 1. The molecule has 0 aromatic heterocycles. The van der Waals surface area contributed by atoms with Gasteiger partial charge in [0.25, 0.3) is 5.91 Å². The SMILES string of the molecule is CN/C=C(\N=C(C)C(C)=O)c1ccc(CC(CCC(N)=O)NC(=O)c2ccc(OC(C)C)c(Cl)c2)cc1. The second-order valence-corrected chi connectivity index (χ2v) is 9.37. The third-order valence-corrected chi connectivity index (χ3v) is 5.74. The first kappa shape index (κ1) is 29.6. The van der Waals surface area contributed by atoms with Crippen LogP contribution in [0, 0.1) is 0 Å². The van der Waals surface area contributed by atoms with Crippen LogP contribution in [0.1, 0.15) is 62.0 Å². The number of aliphatic imine (C=N–C) groups is 1. The molecule has 1 atom stereocenters. The number of rotatable bonds is 13. The van der Waals surface area contributed by atoms with Crippen LogP contribution in [-0.4, -0.2) is 42.5 Å². The van der Waals surface area contributed by atoms with E-state index in [4.69, 9.17) is 22.1 Å². The summed E-state index contributed by atoms with van der Waals surface area (Å²) in [5.74, 6) is -0.339. The summed E-state index contributed by atoms with van der Waals surface area (Å²) in [7, 11) is 1.76. The topological polar surface area (TPSA) is 123 Å². The Labute approximate surface area is 223 Å². The van der Waals surface area contributed by atoms with Crippen molar-refractivity contribution in [1.29, 1.82) is 0 Å². The predicted octanol–water partition coefficient (Wildman–Crippen LogP) is 4.30. The Morgan fingerprint density at radius 3 is 2.27 bits per heavy atom. The van der Waals surface area contributed by atoms with E-state index in [2.05, 4.69) is 15.6 Å². The fourth-order valence-corrected chi connectivity index (χ4v) is 3.70. The molecule has 0 saturated carbocycles. The van der Waals surface area contributed by atoms with E-state index in [-0.39, 0.29) is 30.3 Å². The van der Waals surface area contributed by atoms with Crippen LogP contribution in [0.25, 0.3) is 5.70 Å². The number of benzene rings is 2. The zero-order valence-corrected chi connectivity index (χ0v) is 22.7. The minimum atomic E-state index is -0.437. The van der Waals surface area contributed by atoms with Gasteiger partial charge in [0.2, 0.25) is 5.91 Å². The van der Waals surface area contributed by atoms with Crippen molar-refractivity contribution in [3.63, 3.8) is 0 Å². The lowest BCUT2D eigenvalue weighted by Crippen LogP contribution is -2.37. The van der Waals surface area contributed by atoms with E-state index >= 15 is 0 Å². The molecule has 1 unspecified atom stereocenters. The summed E-state index contributed by atoms with van der Waals surface area (Å²) in [6.07, 6.45) is 2.69. The zero-order chi connectivity index (χ0) is 27.5. The molecule has 2 aromatic carbocycles. The van der Waals surface area contributed by atoms with Crippen LogP contribution in [0.5, 0.6) is 5.75 Å². The maximum absolute atomic E-state index is 13.0. The molecule has 0 bridgehead atoms. The lowest BCUT2D eigenvalue weighted by Gasteiger charge is -2.19. The predicted molar refractivity (Wildman–Crippen MR) is 148 cm³/mol. The Morgan fingerprint density at radius 1 is 1.08 bits per heavy atom. The zero-order valence-electron chi connectivity index (χ0n) is 21.9. The molecule has 0 aliphatic carbocycles. The number of carbonyl (C=O) groups is 3. The molecule has 198 valence electrons. The van der Waals surface area contributed by atoms with Gasteiger partial charge >= 0.3 is 0 Å². The van der Waals surface area contributed by atoms with Gasteiger partial charge in [-0.2, -0.15) is 0 Å². The number of hydrogen-bond donors (Lipinski definition) is 3. The molecule has 9 heteroatoms. The summed E-state index contributed by atoms with van der Waals surface area (Å²) in [5.41, 5.74) is 8.57. The van der Waals surface area contributed by atoms with E-state index in [1.54, 1.807) is 38.4 Å². The third kappa shape index (κ3) is 9.73. The fraction of sp³-hybridized carbons (Fsp3) is 0.357. The summed E-state index contributed by atoms with van der Waals surface area (Å²) < 4.78 is 5.63. The van der Waals surface area contributed by atoms with E-state index in [1.807, 2.05) is 38.1 Å². The molecule has 0 aliphatic rings. The van der Waals surface area contributed by atoms with Gasteiger partial charge in [-0.05, 0) is 57.4 Å². The van der Waals surface area contributed by atoms with Gasteiger partial charge in [-0.25, -0.2) is 4.99 Å². The minimum Gasteiger partial charge on any atom is -0.489 e. The van der Waals surface area contributed by atoms with Crippen LogP contribution >= 0.6 is 11.6 Å². The number of primary amides is 1. The Balaban J connectivity index is 2.20. The molecule has 8 nitrogen and oxygen atoms in total. The summed E-state index contributed by atoms with van der Waals surface area (Å²) in [5, 5.41) is 6.29. The van der Waals surface area contributed by atoms with Gasteiger partial charge in [-0.15, -0.1) is 0 Å². The van der Waals surface area contributed by atoms with Crippen LogP contribution in [0.2, 0.25) is 5.02 Å². The second kappa shape index (κ2) is 14.2. The normalized spacial score (nSPS) is 12.7. The first-order chi connectivity index (χ1) is 17.5. The van der Waals surface area contributed by atoms with Crippen LogP contribution in [0.3, 0.4) is 0 Å². The number of amides is 2. The Bertz CT molecular complexity index is 1170. The highest BCUT2D eigenvalue weighted by Crippen LogP contribution is 2.26. The van der Waals surface area contributed by atoms with Gasteiger partial charge in [0.1, 0.15) is 5.75 Å².